The van der Waals surface area contributed by atoms with E-state index in [1.165, 1.54) is 0 Å². The number of ether oxygens (including phenoxy) is 1. The molecule has 1 aliphatic rings. The summed E-state index contributed by atoms with van der Waals surface area (Å²) in [4.78, 5) is 0. The lowest BCUT2D eigenvalue weighted by atomic mass is 10.2. The van der Waals surface area contributed by atoms with Crippen LogP contribution in [0.1, 0.15) is 26.2 Å². The van der Waals surface area contributed by atoms with E-state index in [9.17, 15) is 4.39 Å². The van der Waals surface area contributed by atoms with Gasteiger partial charge in [-0.15, -0.1) is 0 Å². The van der Waals surface area contributed by atoms with Crippen LogP contribution in [0, 0.1) is 0 Å². The predicted molar refractivity (Wildman–Crippen MR) is 28.7 cm³/mol. The van der Waals surface area contributed by atoms with E-state index in [0.29, 0.717) is 5.76 Å². The first kappa shape index (κ1) is 5.60. The standard InChI is InChI=1S/C6H9FO/c1-2-3-4-5-6(7)8-5/h2-4H2,1H3. The van der Waals surface area contributed by atoms with Crippen LogP contribution in [-0.2, 0) is 4.74 Å². The van der Waals surface area contributed by atoms with Crippen LogP contribution < -0.4 is 0 Å². The zero-order valence-corrected chi connectivity index (χ0v) is 4.91. The summed E-state index contributed by atoms with van der Waals surface area (Å²) in [6.07, 6.45) is 2.91. The Bertz CT molecular complexity index is 118. The highest BCUT2D eigenvalue weighted by molar-refractivity contribution is 5.09. The molecule has 0 bridgehead atoms. The lowest BCUT2D eigenvalue weighted by Crippen LogP contribution is -1.67. The first-order valence-corrected chi connectivity index (χ1v) is 2.91. The Kier molecular flexibility index (Phi) is 1.51. The van der Waals surface area contributed by atoms with Crippen molar-refractivity contribution in [3.63, 3.8) is 0 Å². The van der Waals surface area contributed by atoms with Crippen LogP contribution in [0.4, 0.5) is 4.39 Å². The van der Waals surface area contributed by atoms with Crippen molar-refractivity contribution in [1.82, 2.24) is 0 Å². The topological polar surface area (TPSA) is 12.5 Å². The SMILES string of the molecule is CCCCC1=C(F)O1. The summed E-state index contributed by atoms with van der Waals surface area (Å²) in [5.74, 6) is 0.562. The van der Waals surface area contributed by atoms with E-state index in [2.05, 4.69) is 11.7 Å². The van der Waals surface area contributed by atoms with Gasteiger partial charge < -0.3 is 4.74 Å². The van der Waals surface area contributed by atoms with Crippen LogP contribution in [0.25, 0.3) is 0 Å². The summed E-state index contributed by atoms with van der Waals surface area (Å²) in [6, 6.07) is -0.349. The Hall–Kier alpha value is -0.530. The summed E-state index contributed by atoms with van der Waals surface area (Å²) in [5, 5.41) is 0. The maximum atomic E-state index is 11.8. The van der Waals surface area contributed by atoms with Crippen LogP contribution >= 0.6 is 0 Å². The molecule has 1 heterocycles. The summed E-state index contributed by atoms with van der Waals surface area (Å²) < 4.78 is 16.1. The third-order valence-corrected chi connectivity index (χ3v) is 1.15. The van der Waals surface area contributed by atoms with Crippen molar-refractivity contribution in [1.29, 1.82) is 0 Å². The van der Waals surface area contributed by atoms with Gasteiger partial charge in [-0.25, -0.2) is 0 Å². The molecule has 0 aromatic heterocycles. The Morgan fingerprint density at radius 3 is 2.62 bits per heavy atom. The number of hydrogen-bond donors (Lipinski definition) is 0. The molecular formula is C6H9FO. The third-order valence-electron chi connectivity index (χ3n) is 1.15. The molecule has 1 nitrogen and oxygen atoms in total. The largest absolute Gasteiger partial charge is 0.427 e. The molecule has 0 saturated heterocycles. The van der Waals surface area contributed by atoms with E-state index < -0.39 is 0 Å². The summed E-state index contributed by atoms with van der Waals surface area (Å²) in [5.41, 5.74) is 0. The highest BCUT2D eigenvalue weighted by Gasteiger charge is 2.23. The van der Waals surface area contributed by atoms with Gasteiger partial charge >= 0.3 is 6.01 Å². The molecule has 0 unspecified atom stereocenters. The monoisotopic (exact) mass is 116 g/mol. The predicted octanol–water partition coefficient (Wildman–Crippen LogP) is 2.35. The summed E-state index contributed by atoms with van der Waals surface area (Å²) >= 11 is 0. The fourth-order valence-corrected chi connectivity index (χ4v) is 0.569. The lowest BCUT2D eigenvalue weighted by Gasteiger charge is -1.82. The van der Waals surface area contributed by atoms with Gasteiger partial charge in [0.15, 0.2) is 5.76 Å². The second kappa shape index (κ2) is 2.16. The van der Waals surface area contributed by atoms with Gasteiger partial charge in [-0.2, -0.15) is 4.39 Å². The number of hydrogen-bond acceptors (Lipinski definition) is 1. The highest BCUT2D eigenvalue weighted by atomic mass is 19.1. The minimum absolute atomic E-state index is 0.349. The molecule has 0 saturated carbocycles. The minimum atomic E-state index is -0.349. The van der Waals surface area contributed by atoms with Gasteiger partial charge in [0.05, 0.1) is 0 Å². The van der Waals surface area contributed by atoms with Gasteiger partial charge in [0.1, 0.15) is 0 Å². The smallest absolute Gasteiger partial charge is 0.317 e. The van der Waals surface area contributed by atoms with Crippen LogP contribution in [0.5, 0.6) is 0 Å². The van der Waals surface area contributed by atoms with Crippen molar-refractivity contribution < 1.29 is 9.13 Å². The van der Waals surface area contributed by atoms with Gasteiger partial charge in [-0.3, -0.25) is 0 Å². The van der Waals surface area contributed by atoms with Crippen molar-refractivity contribution >= 4 is 0 Å². The van der Waals surface area contributed by atoms with Gasteiger partial charge in [0.25, 0.3) is 0 Å². The van der Waals surface area contributed by atoms with Gasteiger partial charge in [-0.05, 0) is 6.42 Å². The van der Waals surface area contributed by atoms with Crippen LogP contribution in [0.15, 0.2) is 11.8 Å². The number of rotatable bonds is 3. The molecule has 0 aromatic rings. The molecular weight excluding hydrogens is 107 g/mol. The molecule has 0 spiro atoms. The number of unbranched alkanes of at least 4 members (excludes halogenated alkanes) is 1. The Labute approximate surface area is 48.1 Å². The lowest BCUT2D eigenvalue weighted by molar-refractivity contribution is 0.364. The fraction of sp³-hybridized carbons (Fsp3) is 0.667. The van der Waals surface area contributed by atoms with E-state index in [0.717, 1.165) is 19.3 Å². The second-order valence-corrected chi connectivity index (χ2v) is 1.90. The maximum Gasteiger partial charge on any atom is 0.317 e. The minimum Gasteiger partial charge on any atom is -0.427 e. The molecule has 46 valence electrons. The molecule has 1 aliphatic heterocycles. The molecule has 0 amide bonds. The van der Waals surface area contributed by atoms with Crippen molar-refractivity contribution in [2.24, 2.45) is 0 Å². The van der Waals surface area contributed by atoms with E-state index in [1.807, 2.05) is 0 Å². The first-order chi connectivity index (χ1) is 3.84. The molecule has 0 aliphatic carbocycles. The van der Waals surface area contributed by atoms with Crippen LogP contribution in [-0.4, -0.2) is 0 Å². The fourth-order valence-electron chi connectivity index (χ4n) is 0.569. The average molecular weight is 116 g/mol. The average Bonchev–Trinajstić information content (AvgIpc) is 2.42. The number of halogens is 1. The Balaban J connectivity index is 2.05. The van der Waals surface area contributed by atoms with Gasteiger partial charge in [0.2, 0.25) is 0 Å². The van der Waals surface area contributed by atoms with Gasteiger partial charge in [-0.1, -0.05) is 13.3 Å². The molecule has 0 radical (unpaired) electrons. The Morgan fingerprint density at radius 1 is 1.62 bits per heavy atom. The van der Waals surface area contributed by atoms with E-state index in [1.54, 1.807) is 0 Å². The van der Waals surface area contributed by atoms with Crippen LogP contribution in [0.3, 0.4) is 0 Å². The zero-order valence-electron chi connectivity index (χ0n) is 4.91. The molecule has 8 heavy (non-hydrogen) atoms. The molecule has 2 heteroatoms. The first-order valence-electron chi connectivity index (χ1n) is 2.91. The summed E-state index contributed by atoms with van der Waals surface area (Å²) in [6.45, 7) is 2.07. The highest BCUT2D eigenvalue weighted by Crippen LogP contribution is 2.31. The number of allylic oxidation sites excluding steroid dienone is 1. The quantitative estimate of drug-likeness (QED) is 0.551. The van der Waals surface area contributed by atoms with E-state index in [4.69, 9.17) is 0 Å². The second-order valence-electron chi connectivity index (χ2n) is 1.90. The van der Waals surface area contributed by atoms with Crippen molar-refractivity contribution in [3.8, 4) is 0 Å². The Morgan fingerprint density at radius 2 is 2.25 bits per heavy atom. The zero-order chi connectivity index (χ0) is 5.98. The van der Waals surface area contributed by atoms with Crippen molar-refractivity contribution in [3.05, 3.63) is 11.8 Å². The molecule has 0 atom stereocenters. The van der Waals surface area contributed by atoms with Crippen molar-refractivity contribution in [2.45, 2.75) is 26.2 Å². The maximum absolute atomic E-state index is 11.8. The van der Waals surface area contributed by atoms with E-state index in [-0.39, 0.29) is 6.01 Å². The molecule has 0 N–H and O–H groups in total. The normalized spacial score (nSPS) is 16.2. The summed E-state index contributed by atoms with van der Waals surface area (Å²) in [7, 11) is 0. The van der Waals surface area contributed by atoms with E-state index >= 15 is 0 Å². The third kappa shape index (κ3) is 1.22. The van der Waals surface area contributed by atoms with Gasteiger partial charge in [0, 0.05) is 6.42 Å². The van der Waals surface area contributed by atoms with Crippen molar-refractivity contribution in [2.75, 3.05) is 0 Å². The van der Waals surface area contributed by atoms with Crippen LogP contribution in [0.2, 0.25) is 0 Å². The molecule has 1 rings (SSSR count). The molecule has 0 fully saturated rings. The molecule has 0 aromatic carbocycles.